The Balaban J connectivity index is 1.75. The van der Waals surface area contributed by atoms with Crippen LogP contribution in [-0.4, -0.2) is 36.4 Å². The second kappa shape index (κ2) is 9.02. The van der Waals surface area contributed by atoms with E-state index in [1.807, 2.05) is 23.6 Å². The van der Waals surface area contributed by atoms with Gasteiger partial charge < -0.3 is 5.32 Å². The first-order valence-corrected chi connectivity index (χ1v) is 10.3. The third kappa shape index (κ3) is 4.42. The van der Waals surface area contributed by atoms with Crippen LogP contribution in [0.4, 0.5) is 0 Å². The van der Waals surface area contributed by atoms with Crippen molar-refractivity contribution in [2.24, 2.45) is 0 Å². The normalized spacial score (nSPS) is 16.7. The van der Waals surface area contributed by atoms with Gasteiger partial charge in [-0.05, 0) is 31.9 Å². The maximum atomic E-state index is 12.8. The number of nitrogens with zero attached hydrogens (tertiary/aromatic N) is 5. The first-order valence-electron chi connectivity index (χ1n) is 9.43. The van der Waals surface area contributed by atoms with Crippen molar-refractivity contribution in [2.45, 2.75) is 61.5 Å². The number of thioether (sulfide) groups is 1. The molecule has 0 aromatic carbocycles. The number of amides is 1. The first-order chi connectivity index (χ1) is 13.6. The molecule has 0 spiro atoms. The van der Waals surface area contributed by atoms with Crippen molar-refractivity contribution in [1.29, 1.82) is 5.26 Å². The fourth-order valence-electron chi connectivity index (χ4n) is 3.35. The molecule has 8 heteroatoms. The standard InChI is InChI=1S/C20H24N6OS/c1-3-13-26-17(16-7-11-22-12-8-16)24-25-19(26)28-15(2)18(27)23-20(14-21)9-5-4-6-10-20/h3,7-8,11-12,15H,1,4-6,9-10,13H2,2H3,(H,23,27)/t15-/m1/s1. The maximum absolute atomic E-state index is 12.8. The highest BCUT2D eigenvalue weighted by Gasteiger charge is 2.35. The molecule has 28 heavy (non-hydrogen) atoms. The van der Waals surface area contributed by atoms with Gasteiger partial charge in [-0.25, -0.2) is 0 Å². The lowest BCUT2D eigenvalue weighted by molar-refractivity contribution is -0.121. The van der Waals surface area contributed by atoms with Crippen molar-refractivity contribution >= 4 is 17.7 Å². The summed E-state index contributed by atoms with van der Waals surface area (Å²) in [6.45, 7) is 6.17. The average Bonchev–Trinajstić information content (AvgIpc) is 3.12. The predicted octanol–water partition coefficient (Wildman–Crippen LogP) is 3.35. The van der Waals surface area contributed by atoms with Gasteiger partial charge in [-0.3, -0.25) is 14.3 Å². The van der Waals surface area contributed by atoms with E-state index in [1.165, 1.54) is 11.8 Å². The van der Waals surface area contributed by atoms with E-state index < -0.39 is 10.8 Å². The summed E-state index contributed by atoms with van der Waals surface area (Å²) in [5, 5.41) is 21.4. The van der Waals surface area contributed by atoms with Gasteiger partial charge in [-0.15, -0.1) is 16.8 Å². The zero-order valence-electron chi connectivity index (χ0n) is 16.0. The third-order valence-corrected chi connectivity index (χ3v) is 5.98. The molecule has 0 unspecified atom stereocenters. The van der Waals surface area contributed by atoms with Crippen molar-refractivity contribution < 1.29 is 4.79 Å². The van der Waals surface area contributed by atoms with Gasteiger partial charge in [-0.2, -0.15) is 5.26 Å². The van der Waals surface area contributed by atoms with E-state index in [2.05, 4.69) is 33.1 Å². The van der Waals surface area contributed by atoms with Gasteiger partial charge in [0.05, 0.1) is 11.3 Å². The van der Waals surface area contributed by atoms with Crippen LogP contribution in [0.2, 0.25) is 0 Å². The minimum absolute atomic E-state index is 0.146. The lowest BCUT2D eigenvalue weighted by Crippen LogP contribution is -2.51. The molecule has 1 saturated carbocycles. The van der Waals surface area contributed by atoms with Gasteiger partial charge in [0.15, 0.2) is 11.0 Å². The summed E-state index contributed by atoms with van der Waals surface area (Å²) in [5.41, 5.74) is 0.167. The molecule has 0 bridgehead atoms. The highest BCUT2D eigenvalue weighted by Crippen LogP contribution is 2.30. The Hall–Kier alpha value is -2.66. The molecule has 2 heterocycles. The Kier molecular flexibility index (Phi) is 6.47. The van der Waals surface area contributed by atoms with Crippen molar-refractivity contribution in [3.63, 3.8) is 0 Å². The minimum Gasteiger partial charge on any atom is -0.337 e. The second-order valence-corrected chi connectivity index (χ2v) is 8.25. The zero-order valence-corrected chi connectivity index (χ0v) is 16.8. The van der Waals surface area contributed by atoms with Gasteiger partial charge >= 0.3 is 0 Å². The summed E-state index contributed by atoms with van der Waals surface area (Å²) in [6.07, 6.45) is 9.67. The van der Waals surface area contributed by atoms with Gasteiger partial charge in [0.25, 0.3) is 0 Å². The van der Waals surface area contributed by atoms with Gasteiger partial charge in [0.2, 0.25) is 5.91 Å². The van der Waals surface area contributed by atoms with E-state index in [0.29, 0.717) is 30.4 Å². The third-order valence-electron chi connectivity index (χ3n) is 4.90. The summed E-state index contributed by atoms with van der Waals surface area (Å²) >= 11 is 1.34. The summed E-state index contributed by atoms with van der Waals surface area (Å²) in [4.78, 5) is 16.8. The maximum Gasteiger partial charge on any atom is 0.234 e. The molecule has 1 aliphatic carbocycles. The quantitative estimate of drug-likeness (QED) is 0.569. The molecule has 7 nitrogen and oxygen atoms in total. The Labute approximate surface area is 169 Å². The number of nitrogens with one attached hydrogen (secondary N) is 1. The number of aromatic nitrogens is 4. The fourth-order valence-corrected chi connectivity index (χ4v) is 4.21. The minimum atomic E-state index is -0.735. The molecule has 2 aromatic heterocycles. The summed E-state index contributed by atoms with van der Waals surface area (Å²) in [6, 6.07) is 6.07. The van der Waals surface area contributed by atoms with Crippen LogP contribution in [-0.2, 0) is 11.3 Å². The average molecular weight is 397 g/mol. The first kappa shape index (κ1) is 20.1. The molecule has 0 radical (unpaired) electrons. The Morgan fingerprint density at radius 3 is 2.75 bits per heavy atom. The van der Waals surface area contributed by atoms with Crippen LogP contribution >= 0.6 is 11.8 Å². The summed E-state index contributed by atoms with van der Waals surface area (Å²) < 4.78 is 1.93. The van der Waals surface area contributed by atoms with E-state index in [-0.39, 0.29) is 5.91 Å². The lowest BCUT2D eigenvalue weighted by atomic mass is 9.83. The fraction of sp³-hybridized carbons (Fsp3) is 0.450. The predicted molar refractivity (Wildman–Crippen MR) is 108 cm³/mol. The molecule has 146 valence electrons. The Morgan fingerprint density at radius 1 is 1.39 bits per heavy atom. The van der Waals surface area contributed by atoms with E-state index >= 15 is 0 Å². The summed E-state index contributed by atoms with van der Waals surface area (Å²) in [5.74, 6) is 0.560. The molecule has 1 aliphatic rings. The molecule has 1 N–H and O–H groups in total. The number of carbonyl (C=O) groups is 1. The number of pyridine rings is 1. The van der Waals surface area contributed by atoms with Gasteiger partial charge in [0, 0.05) is 24.5 Å². The largest absolute Gasteiger partial charge is 0.337 e. The Morgan fingerprint density at radius 2 is 2.11 bits per heavy atom. The van der Waals surface area contributed by atoms with Crippen LogP contribution in [0.1, 0.15) is 39.0 Å². The zero-order chi connectivity index (χ0) is 20.0. The molecule has 1 amide bonds. The number of carbonyl (C=O) groups excluding carboxylic acids is 1. The topological polar surface area (TPSA) is 96.5 Å². The van der Waals surface area contributed by atoms with Gasteiger partial charge in [-0.1, -0.05) is 37.1 Å². The monoisotopic (exact) mass is 396 g/mol. The van der Waals surface area contributed by atoms with Crippen LogP contribution in [0.25, 0.3) is 11.4 Å². The van der Waals surface area contributed by atoms with E-state index in [1.54, 1.807) is 18.5 Å². The van der Waals surface area contributed by atoms with Crippen LogP contribution < -0.4 is 5.32 Å². The number of allylic oxidation sites excluding steroid dienone is 1. The second-order valence-electron chi connectivity index (χ2n) is 6.95. The smallest absolute Gasteiger partial charge is 0.234 e. The molecular formula is C20H24N6OS. The van der Waals surface area contributed by atoms with Gasteiger partial charge in [0.1, 0.15) is 5.54 Å². The van der Waals surface area contributed by atoms with E-state index in [0.717, 1.165) is 24.8 Å². The van der Waals surface area contributed by atoms with Crippen molar-refractivity contribution in [3.8, 4) is 17.5 Å². The number of rotatable bonds is 7. The molecule has 3 rings (SSSR count). The lowest BCUT2D eigenvalue weighted by Gasteiger charge is -2.32. The summed E-state index contributed by atoms with van der Waals surface area (Å²) in [7, 11) is 0. The van der Waals surface area contributed by atoms with Crippen molar-refractivity contribution in [3.05, 3.63) is 37.2 Å². The number of hydrogen-bond acceptors (Lipinski definition) is 6. The van der Waals surface area contributed by atoms with Crippen molar-refractivity contribution in [1.82, 2.24) is 25.1 Å². The number of nitriles is 1. The SMILES string of the molecule is C=CCn1c(S[C@H](C)C(=O)NC2(C#N)CCCCC2)nnc1-c1ccncc1. The highest BCUT2D eigenvalue weighted by atomic mass is 32.2. The molecule has 1 fully saturated rings. The van der Waals surface area contributed by atoms with E-state index in [4.69, 9.17) is 0 Å². The van der Waals surface area contributed by atoms with E-state index in [9.17, 15) is 10.1 Å². The molecule has 0 saturated heterocycles. The number of hydrogen-bond donors (Lipinski definition) is 1. The molecule has 2 aromatic rings. The highest BCUT2D eigenvalue weighted by molar-refractivity contribution is 8.00. The van der Waals surface area contributed by atoms with Crippen LogP contribution in [0.15, 0.2) is 42.3 Å². The Bertz CT molecular complexity index is 867. The molecular weight excluding hydrogens is 372 g/mol. The van der Waals surface area contributed by atoms with Crippen LogP contribution in [0.3, 0.4) is 0 Å². The van der Waals surface area contributed by atoms with Crippen molar-refractivity contribution in [2.75, 3.05) is 0 Å². The van der Waals surface area contributed by atoms with Crippen LogP contribution in [0, 0.1) is 11.3 Å². The molecule has 0 aliphatic heterocycles. The molecule has 1 atom stereocenters. The van der Waals surface area contributed by atoms with Crippen LogP contribution in [0.5, 0.6) is 0 Å².